The van der Waals surface area contributed by atoms with E-state index in [4.69, 9.17) is 9.47 Å². The Morgan fingerprint density at radius 1 is 1.41 bits per heavy atom. The van der Waals surface area contributed by atoms with E-state index < -0.39 is 11.9 Å². The average Bonchev–Trinajstić information content (AvgIpc) is 2.99. The largest absolute Gasteiger partial charge is 0.493 e. The number of thioether (sulfide) groups is 1. The molecule has 8 nitrogen and oxygen atoms in total. The fourth-order valence-electron chi connectivity index (χ4n) is 1.89. The van der Waals surface area contributed by atoms with Gasteiger partial charge in [0, 0.05) is 6.08 Å². The summed E-state index contributed by atoms with van der Waals surface area (Å²) in [5, 5.41) is 10.6. The smallest absolute Gasteiger partial charge is 0.331 e. The first-order valence-corrected chi connectivity index (χ1v) is 9.10. The normalized spacial score (nSPS) is 16.6. The molecule has 1 aromatic rings. The molecule has 1 amide bonds. The number of rotatable bonds is 7. The van der Waals surface area contributed by atoms with Gasteiger partial charge in [0.15, 0.2) is 16.7 Å². The van der Waals surface area contributed by atoms with Crippen LogP contribution in [0.15, 0.2) is 50.4 Å². The fourth-order valence-corrected chi connectivity index (χ4v) is 3.20. The van der Waals surface area contributed by atoms with Gasteiger partial charge in [-0.05, 0) is 45.4 Å². The van der Waals surface area contributed by atoms with Crippen LogP contribution in [0.1, 0.15) is 5.56 Å². The van der Waals surface area contributed by atoms with Gasteiger partial charge in [0.25, 0.3) is 5.91 Å². The lowest BCUT2D eigenvalue weighted by Crippen LogP contribution is -2.19. The lowest BCUT2D eigenvalue weighted by molar-refractivity contribution is -0.135. The molecule has 0 spiro atoms. The Hall–Kier alpha value is -2.59. The van der Waals surface area contributed by atoms with Crippen LogP contribution in [0.25, 0.3) is 0 Å². The lowest BCUT2D eigenvalue weighted by atomic mass is 10.2. The molecule has 0 unspecified atom stereocenters. The van der Waals surface area contributed by atoms with E-state index in [1.165, 1.54) is 20.4 Å². The van der Waals surface area contributed by atoms with Crippen molar-refractivity contribution in [3.05, 3.63) is 45.8 Å². The van der Waals surface area contributed by atoms with E-state index >= 15 is 0 Å². The minimum absolute atomic E-state index is 0.184. The second-order valence-corrected chi connectivity index (χ2v) is 6.76. The summed E-state index contributed by atoms with van der Waals surface area (Å²) in [6.45, 7) is 3.95. The van der Waals surface area contributed by atoms with Crippen LogP contribution in [-0.2, 0) is 14.3 Å². The molecule has 0 atom stereocenters. The third kappa shape index (κ3) is 5.69. The van der Waals surface area contributed by atoms with Crippen molar-refractivity contribution in [2.45, 2.75) is 0 Å². The zero-order valence-electron chi connectivity index (χ0n) is 14.5. The van der Waals surface area contributed by atoms with Crippen LogP contribution < -0.4 is 14.8 Å². The summed E-state index contributed by atoms with van der Waals surface area (Å²) in [5.41, 5.74) is 0.702. The number of methoxy groups -OCH3 is 2. The van der Waals surface area contributed by atoms with Crippen LogP contribution in [0.5, 0.6) is 11.5 Å². The minimum atomic E-state index is -0.617. The molecule has 1 saturated heterocycles. The highest BCUT2D eigenvalue weighted by molar-refractivity contribution is 9.10. The third-order valence-corrected chi connectivity index (χ3v) is 4.54. The highest BCUT2D eigenvalue weighted by atomic mass is 79.9. The van der Waals surface area contributed by atoms with Crippen molar-refractivity contribution in [1.82, 2.24) is 5.32 Å². The predicted molar refractivity (Wildman–Crippen MR) is 107 cm³/mol. The van der Waals surface area contributed by atoms with E-state index in [1.807, 2.05) is 0 Å². The lowest BCUT2D eigenvalue weighted by Gasteiger charge is -2.12. The van der Waals surface area contributed by atoms with Crippen molar-refractivity contribution in [2.24, 2.45) is 10.2 Å². The Balaban J connectivity index is 2.14. The molecule has 1 aromatic carbocycles. The predicted octanol–water partition coefficient (Wildman–Crippen LogP) is 2.63. The number of nitrogens with one attached hydrogen (secondary N) is 1. The van der Waals surface area contributed by atoms with Gasteiger partial charge in [-0.3, -0.25) is 10.1 Å². The molecule has 0 aliphatic carbocycles. The minimum Gasteiger partial charge on any atom is -0.493 e. The van der Waals surface area contributed by atoms with Gasteiger partial charge in [-0.2, -0.15) is 5.10 Å². The van der Waals surface area contributed by atoms with E-state index in [1.54, 1.807) is 18.2 Å². The highest BCUT2D eigenvalue weighted by Gasteiger charge is 2.25. The molecule has 1 aliphatic rings. The number of carbonyl (C=O) groups is 2. The molecule has 1 fully saturated rings. The maximum atomic E-state index is 11.7. The number of halogens is 1. The Morgan fingerprint density at radius 2 is 2.19 bits per heavy atom. The van der Waals surface area contributed by atoms with Crippen molar-refractivity contribution < 1.29 is 23.8 Å². The monoisotopic (exact) mass is 453 g/mol. The number of hydrogen-bond acceptors (Lipinski definition) is 8. The highest BCUT2D eigenvalue weighted by Crippen LogP contribution is 2.36. The SMILES string of the molecule is C=CCOc1c(Br)cc(C=N/N=C2/NC(=O)/C(=C\C(=O)OC)S2)cc1OC. The summed E-state index contributed by atoms with van der Waals surface area (Å²) in [4.78, 5) is 23.1. The molecule has 2 rings (SSSR count). The number of amides is 1. The molecule has 1 N–H and O–H groups in total. The van der Waals surface area contributed by atoms with Crippen LogP contribution in [0.2, 0.25) is 0 Å². The summed E-state index contributed by atoms with van der Waals surface area (Å²) >= 11 is 4.42. The second kappa shape index (κ2) is 9.93. The topological polar surface area (TPSA) is 98.6 Å². The van der Waals surface area contributed by atoms with Gasteiger partial charge in [0.1, 0.15) is 6.61 Å². The van der Waals surface area contributed by atoms with E-state index in [2.05, 4.69) is 42.8 Å². The van der Waals surface area contributed by atoms with Crippen molar-refractivity contribution in [3.8, 4) is 11.5 Å². The van der Waals surface area contributed by atoms with Crippen molar-refractivity contribution in [1.29, 1.82) is 0 Å². The summed E-state index contributed by atoms with van der Waals surface area (Å²) in [7, 11) is 2.76. The molecule has 0 aromatic heterocycles. The van der Waals surface area contributed by atoms with Crippen LogP contribution in [0.4, 0.5) is 0 Å². The zero-order valence-corrected chi connectivity index (χ0v) is 16.9. The molecule has 0 radical (unpaired) electrons. The number of benzene rings is 1. The van der Waals surface area contributed by atoms with Gasteiger partial charge in [0.05, 0.1) is 29.8 Å². The number of hydrogen-bond donors (Lipinski definition) is 1. The van der Waals surface area contributed by atoms with Crippen LogP contribution in [0, 0.1) is 0 Å². The summed E-state index contributed by atoms with van der Waals surface area (Å²) < 4.78 is 16.1. The maximum absolute atomic E-state index is 11.7. The molecule has 1 heterocycles. The van der Waals surface area contributed by atoms with E-state index in [0.29, 0.717) is 28.1 Å². The molecule has 142 valence electrons. The number of carbonyl (C=O) groups excluding carboxylic acids is 2. The van der Waals surface area contributed by atoms with Crippen molar-refractivity contribution in [3.63, 3.8) is 0 Å². The molecule has 0 bridgehead atoms. The van der Waals surface area contributed by atoms with Crippen LogP contribution in [0.3, 0.4) is 0 Å². The molecule has 1 aliphatic heterocycles. The van der Waals surface area contributed by atoms with Crippen LogP contribution >= 0.6 is 27.7 Å². The zero-order chi connectivity index (χ0) is 19.8. The van der Waals surface area contributed by atoms with Gasteiger partial charge >= 0.3 is 5.97 Å². The van der Waals surface area contributed by atoms with Gasteiger partial charge in [0.2, 0.25) is 0 Å². The molecule has 0 saturated carbocycles. The van der Waals surface area contributed by atoms with E-state index in [-0.39, 0.29) is 10.1 Å². The van der Waals surface area contributed by atoms with Gasteiger partial charge < -0.3 is 14.2 Å². The Kier molecular flexibility index (Phi) is 7.62. The van der Waals surface area contributed by atoms with E-state index in [9.17, 15) is 9.59 Å². The van der Waals surface area contributed by atoms with Gasteiger partial charge in [-0.1, -0.05) is 12.7 Å². The first-order chi connectivity index (χ1) is 13.0. The van der Waals surface area contributed by atoms with E-state index in [0.717, 1.165) is 17.8 Å². The first kappa shape index (κ1) is 20.7. The van der Waals surface area contributed by atoms with Gasteiger partial charge in [-0.25, -0.2) is 4.79 Å². The van der Waals surface area contributed by atoms with Crippen molar-refractivity contribution >= 4 is 51.0 Å². The van der Waals surface area contributed by atoms with Gasteiger partial charge in [-0.15, -0.1) is 5.10 Å². The Labute approximate surface area is 168 Å². The number of esters is 1. The standard InChI is InChI=1S/C17H16BrN3O5S/c1-4-5-26-15-11(18)6-10(7-12(15)24-2)9-19-21-17-20-16(23)13(27-17)8-14(22)25-3/h4,6-9H,1,5H2,2-3H3,(H,20,21,23)/b13-8+,19-9?. The number of amidine groups is 1. The molecule has 10 heteroatoms. The maximum Gasteiger partial charge on any atom is 0.331 e. The Morgan fingerprint density at radius 3 is 2.85 bits per heavy atom. The summed E-state index contributed by atoms with van der Waals surface area (Å²) in [6.07, 6.45) is 4.22. The second-order valence-electron chi connectivity index (χ2n) is 4.87. The molecular formula is C17H16BrN3O5S. The third-order valence-electron chi connectivity index (χ3n) is 3.05. The average molecular weight is 454 g/mol. The Bertz CT molecular complexity index is 851. The fraction of sp³-hybridized carbons (Fsp3) is 0.176. The quantitative estimate of drug-likeness (QED) is 0.224. The number of ether oxygens (including phenoxy) is 3. The molecule has 27 heavy (non-hydrogen) atoms. The van der Waals surface area contributed by atoms with Crippen molar-refractivity contribution in [2.75, 3.05) is 20.8 Å². The molecular weight excluding hydrogens is 438 g/mol. The van der Waals surface area contributed by atoms with Crippen LogP contribution in [-0.4, -0.2) is 44.1 Å². The summed E-state index contributed by atoms with van der Waals surface area (Å²) in [6, 6.07) is 3.52. The number of nitrogens with zero attached hydrogens (tertiary/aromatic N) is 2. The first-order valence-electron chi connectivity index (χ1n) is 7.49. The summed E-state index contributed by atoms with van der Waals surface area (Å²) in [5.74, 6) is 0.0184.